The van der Waals surface area contributed by atoms with Crippen LogP contribution in [0.2, 0.25) is 0 Å². The molecule has 114 valence electrons. The molecule has 0 atom stereocenters. The number of ether oxygens (including phenoxy) is 3. The maximum absolute atomic E-state index is 11.7. The summed E-state index contributed by atoms with van der Waals surface area (Å²) in [5, 5.41) is 0. The predicted molar refractivity (Wildman–Crippen MR) is 78.3 cm³/mol. The summed E-state index contributed by atoms with van der Waals surface area (Å²) in [6.45, 7) is 9.39. The van der Waals surface area contributed by atoms with E-state index >= 15 is 0 Å². The van der Waals surface area contributed by atoms with Gasteiger partial charge in [-0.3, -0.25) is 4.79 Å². The van der Waals surface area contributed by atoms with Gasteiger partial charge >= 0.3 is 5.97 Å². The highest BCUT2D eigenvalue weighted by Crippen LogP contribution is 2.22. The molecule has 20 heavy (non-hydrogen) atoms. The van der Waals surface area contributed by atoms with Crippen molar-refractivity contribution in [3.63, 3.8) is 0 Å². The summed E-state index contributed by atoms with van der Waals surface area (Å²) in [7, 11) is 0. The molecule has 0 spiro atoms. The highest BCUT2D eigenvalue weighted by Gasteiger charge is 2.34. The number of allylic oxidation sites excluding steroid dienone is 3. The first-order valence-electron chi connectivity index (χ1n) is 7.14. The quantitative estimate of drug-likeness (QED) is 0.530. The minimum Gasteiger partial charge on any atom is -0.461 e. The van der Waals surface area contributed by atoms with E-state index in [-0.39, 0.29) is 12.4 Å². The van der Waals surface area contributed by atoms with Crippen molar-refractivity contribution in [2.24, 2.45) is 0 Å². The summed E-state index contributed by atoms with van der Waals surface area (Å²) in [4.78, 5) is 11.7. The lowest BCUT2D eigenvalue weighted by Gasteiger charge is -2.20. The summed E-state index contributed by atoms with van der Waals surface area (Å²) < 4.78 is 15.9. The maximum Gasteiger partial charge on any atom is 0.311 e. The molecule has 1 saturated heterocycles. The van der Waals surface area contributed by atoms with Gasteiger partial charge in [0.1, 0.15) is 6.61 Å². The molecule has 0 aromatic rings. The zero-order chi connectivity index (χ0) is 15.0. The molecule has 0 unspecified atom stereocenters. The predicted octanol–water partition coefficient (Wildman–Crippen LogP) is 3.38. The third-order valence-corrected chi connectivity index (χ3v) is 3.13. The van der Waals surface area contributed by atoms with Crippen LogP contribution >= 0.6 is 0 Å². The van der Waals surface area contributed by atoms with E-state index in [2.05, 4.69) is 26.8 Å². The molecule has 1 rings (SSSR count). The Bertz CT molecular complexity index is 372. The second-order valence-corrected chi connectivity index (χ2v) is 5.56. The van der Waals surface area contributed by atoms with Crippen molar-refractivity contribution in [2.75, 3.05) is 19.8 Å². The molecule has 0 aromatic heterocycles. The van der Waals surface area contributed by atoms with Gasteiger partial charge in [-0.25, -0.2) is 0 Å². The van der Waals surface area contributed by atoms with Crippen molar-refractivity contribution in [1.82, 2.24) is 0 Å². The van der Waals surface area contributed by atoms with Gasteiger partial charge < -0.3 is 14.2 Å². The van der Waals surface area contributed by atoms with Gasteiger partial charge in [0.25, 0.3) is 0 Å². The smallest absolute Gasteiger partial charge is 0.311 e. The number of carbonyl (C=O) groups is 1. The van der Waals surface area contributed by atoms with Crippen LogP contribution < -0.4 is 0 Å². The number of carbonyl (C=O) groups excluding carboxylic acids is 1. The van der Waals surface area contributed by atoms with Gasteiger partial charge in [-0.05, 0) is 46.6 Å². The Morgan fingerprint density at radius 2 is 1.85 bits per heavy atom. The van der Waals surface area contributed by atoms with Gasteiger partial charge in [0.2, 0.25) is 0 Å². The first-order valence-corrected chi connectivity index (χ1v) is 7.14. The normalized spacial score (nSPS) is 17.9. The Labute approximate surface area is 121 Å². The molecule has 0 aliphatic carbocycles. The van der Waals surface area contributed by atoms with E-state index in [1.807, 2.05) is 6.08 Å². The van der Waals surface area contributed by atoms with E-state index in [0.29, 0.717) is 19.8 Å². The third kappa shape index (κ3) is 6.87. The molecule has 1 fully saturated rings. The standard InChI is InChI=1S/C16H26O4/c1-13(2)6-5-7-14(3)8-9-18-15(17)12-16(4)19-10-11-20-16/h6,8H,5,7,9-12H2,1-4H3/b14-8+. The number of hydrogen-bond donors (Lipinski definition) is 0. The van der Waals surface area contributed by atoms with E-state index < -0.39 is 5.79 Å². The van der Waals surface area contributed by atoms with Crippen molar-refractivity contribution in [3.05, 3.63) is 23.3 Å². The summed E-state index contributed by atoms with van der Waals surface area (Å²) >= 11 is 0. The SMILES string of the molecule is CC(C)=CCC/C(C)=C/COC(=O)CC1(C)OCCO1. The monoisotopic (exact) mass is 282 g/mol. The molecular weight excluding hydrogens is 256 g/mol. The van der Waals surface area contributed by atoms with Gasteiger partial charge in [0, 0.05) is 0 Å². The largest absolute Gasteiger partial charge is 0.461 e. The lowest BCUT2D eigenvalue weighted by Crippen LogP contribution is -2.30. The van der Waals surface area contributed by atoms with Crippen LogP contribution in [0.5, 0.6) is 0 Å². The molecule has 0 radical (unpaired) electrons. The molecule has 0 aromatic carbocycles. The topological polar surface area (TPSA) is 44.8 Å². The van der Waals surface area contributed by atoms with E-state index in [0.717, 1.165) is 12.8 Å². The Balaban J connectivity index is 2.21. The van der Waals surface area contributed by atoms with Crippen LogP contribution in [0.1, 0.15) is 47.0 Å². The lowest BCUT2D eigenvalue weighted by molar-refractivity contribution is -0.173. The van der Waals surface area contributed by atoms with Crippen molar-refractivity contribution in [2.45, 2.75) is 52.7 Å². The van der Waals surface area contributed by atoms with E-state index in [1.54, 1.807) is 6.92 Å². The fourth-order valence-electron chi connectivity index (χ4n) is 1.94. The lowest BCUT2D eigenvalue weighted by atomic mass is 10.1. The molecular formula is C16H26O4. The van der Waals surface area contributed by atoms with Crippen molar-refractivity contribution in [1.29, 1.82) is 0 Å². The molecule has 4 heteroatoms. The van der Waals surface area contributed by atoms with Crippen molar-refractivity contribution >= 4 is 5.97 Å². The Morgan fingerprint density at radius 3 is 2.45 bits per heavy atom. The number of hydrogen-bond acceptors (Lipinski definition) is 4. The molecule has 1 aliphatic rings. The van der Waals surface area contributed by atoms with Gasteiger partial charge in [-0.2, -0.15) is 0 Å². The summed E-state index contributed by atoms with van der Waals surface area (Å²) in [6, 6.07) is 0. The van der Waals surface area contributed by atoms with Crippen LogP contribution in [-0.2, 0) is 19.0 Å². The van der Waals surface area contributed by atoms with Crippen molar-refractivity contribution in [3.8, 4) is 0 Å². The number of esters is 1. The summed E-state index contributed by atoms with van der Waals surface area (Å²) in [6.07, 6.45) is 6.32. The van der Waals surface area contributed by atoms with Gasteiger partial charge in [-0.1, -0.05) is 17.2 Å². The van der Waals surface area contributed by atoms with E-state index in [1.165, 1.54) is 11.1 Å². The van der Waals surface area contributed by atoms with Crippen LogP contribution in [0.4, 0.5) is 0 Å². The zero-order valence-electron chi connectivity index (χ0n) is 13.0. The summed E-state index contributed by atoms with van der Waals surface area (Å²) in [5.74, 6) is -1.10. The molecule has 0 saturated carbocycles. The van der Waals surface area contributed by atoms with Crippen LogP contribution in [0, 0.1) is 0 Å². The first-order chi connectivity index (χ1) is 9.41. The second-order valence-electron chi connectivity index (χ2n) is 5.56. The van der Waals surface area contributed by atoms with Crippen molar-refractivity contribution < 1.29 is 19.0 Å². The molecule has 4 nitrogen and oxygen atoms in total. The first kappa shape index (κ1) is 16.9. The van der Waals surface area contributed by atoms with Gasteiger partial charge in [0.05, 0.1) is 19.6 Å². The number of rotatable bonds is 7. The average Bonchev–Trinajstić information content (AvgIpc) is 2.75. The van der Waals surface area contributed by atoms with Crippen LogP contribution in [0.25, 0.3) is 0 Å². The molecule has 1 heterocycles. The van der Waals surface area contributed by atoms with Crippen LogP contribution in [0.3, 0.4) is 0 Å². The molecule has 0 bridgehead atoms. The van der Waals surface area contributed by atoms with E-state index in [4.69, 9.17) is 14.2 Å². The van der Waals surface area contributed by atoms with Gasteiger partial charge in [0.15, 0.2) is 5.79 Å². The fraction of sp³-hybridized carbons (Fsp3) is 0.688. The fourth-order valence-corrected chi connectivity index (χ4v) is 1.94. The zero-order valence-corrected chi connectivity index (χ0v) is 13.0. The van der Waals surface area contributed by atoms with E-state index in [9.17, 15) is 4.79 Å². The van der Waals surface area contributed by atoms with Crippen LogP contribution in [0.15, 0.2) is 23.3 Å². The highest BCUT2D eigenvalue weighted by atomic mass is 16.7. The Kier molecular flexibility index (Phi) is 6.96. The molecule has 0 N–H and O–H groups in total. The van der Waals surface area contributed by atoms with Crippen LogP contribution in [-0.4, -0.2) is 31.6 Å². The average molecular weight is 282 g/mol. The molecule has 1 aliphatic heterocycles. The Morgan fingerprint density at radius 1 is 1.20 bits per heavy atom. The van der Waals surface area contributed by atoms with Gasteiger partial charge in [-0.15, -0.1) is 0 Å². The third-order valence-electron chi connectivity index (χ3n) is 3.13. The minimum atomic E-state index is -0.806. The second kappa shape index (κ2) is 8.22. The minimum absolute atomic E-state index is 0.137. The molecule has 0 amide bonds. The highest BCUT2D eigenvalue weighted by molar-refractivity contribution is 5.70. The Hall–Kier alpha value is -1.13. The maximum atomic E-state index is 11.7. The summed E-state index contributed by atoms with van der Waals surface area (Å²) in [5.41, 5.74) is 2.56.